The number of amides is 2. The van der Waals surface area contributed by atoms with Gasteiger partial charge in [0.25, 0.3) is 11.8 Å². The summed E-state index contributed by atoms with van der Waals surface area (Å²) in [7, 11) is 1.43. The molecule has 2 heterocycles. The third-order valence-electron chi connectivity index (χ3n) is 5.84. The van der Waals surface area contributed by atoms with Gasteiger partial charge in [-0.25, -0.2) is 9.67 Å². The molecule has 2 aromatic carbocycles. The summed E-state index contributed by atoms with van der Waals surface area (Å²) in [6.07, 6.45) is -3.57. The van der Waals surface area contributed by atoms with E-state index in [4.69, 9.17) is 32.7 Å². The third kappa shape index (κ3) is 6.79. The number of methoxy groups -OCH3 is 1. The molecule has 14 heteroatoms. The summed E-state index contributed by atoms with van der Waals surface area (Å²) in [5.74, 6) is -1.87. The van der Waals surface area contributed by atoms with Crippen LogP contribution in [0.2, 0.25) is 10.0 Å². The van der Waals surface area contributed by atoms with E-state index in [0.717, 1.165) is 6.42 Å². The Hall–Kier alpha value is -3.71. The van der Waals surface area contributed by atoms with Crippen LogP contribution in [0.4, 0.5) is 18.9 Å². The van der Waals surface area contributed by atoms with E-state index in [-0.39, 0.29) is 33.7 Å². The van der Waals surface area contributed by atoms with E-state index in [0.29, 0.717) is 28.1 Å². The summed E-state index contributed by atoms with van der Waals surface area (Å²) in [5, 5.41) is 9.77. The normalized spacial score (nSPS) is 12.4. The smallest absolute Gasteiger partial charge is 0.354 e. The van der Waals surface area contributed by atoms with Crippen LogP contribution in [0.3, 0.4) is 0 Å². The Balaban J connectivity index is 1.76. The van der Waals surface area contributed by atoms with Crippen LogP contribution in [0.5, 0.6) is 0 Å². The van der Waals surface area contributed by atoms with Crippen molar-refractivity contribution < 1.29 is 32.2 Å². The maximum Gasteiger partial charge on any atom is 0.435 e. The summed E-state index contributed by atoms with van der Waals surface area (Å²) in [4.78, 5) is 30.8. The van der Waals surface area contributed by atoms with Gasteiger partial charge in [0.2, 0.25) is 0 Å². The molecule has 2 N–H and O–H groups in total. The number of pyridine rings is 1. The van der Waals surface area contributed by atoms with E-state index in [2.05, 4.69) is 20.7 Å². The molecule has 0 bridgehead atoms. The van der Waals surface area contributed by atoms with E-state index < -0.39 is 35.7 Å². The molecular weight excluding hydrogens is 586 g/mol. The van der Waals surface area contributed by atoms with Crippen molar-refractivity contribution in [3.8, 4) is 5.82 Å². The van der Waals surface area contributed by atoms with Crippen LogP contribution in [0, 0.1) is 0 Å². The quantitative estimate of drug-likeness (QED) is 0.210. The summed E-state index contributed by atoms with van der Waals surface area (Å²) in [5.41, 5.74) is -2.04. The molecule has 4 rings (SSSR count). The number of halogens is 5. The predicted octanol–water partition coefficient (Wildman–Crippen LogP) is 6.13. The first kappa shape index (κ1) is 30.3. The van der Waals surface area contributed by atoms with Crippen molar-refractivity contribution in [2.75, 3.05) is 25.6 Å². The van der Waals surface area contributed by atoms with Gasteiger partial charge < -0.3 is 20.1 Å². The molecule has 0 saturated carbocycles. The van der Waals surface area contributed by atoms with Gasteiger partial charge in [0.15, 0.2) is 17.8 Å². The number of fused-ring (bicyclic) bond motifs is 1. The van der Waals surface area contributed by atoms with Crippen molar-refractivity contribution in [3.05, 3.63) is 81.7 Å². The van der Waals surface area contributed by atoms with Crippen molar-refractivity contribution in [3.63, 3.8) is 0 Å². The second-order valence-corrected chi connectivity index (χ2v) is 9.45. The summed E-state index contributed by atoms with van der Waals surface area (Å²) in [6, 6.07) is 11.8. The maximum atomic E-state index is 13.6. The lowest BCUT2D eigenvalue weighted by molar-refractivity contribution is -0.141. The molecule has 1 atom stereocenters. The highest BCUT2D eigenvalue weighted by Crippen LogP contribution is 2.36. The Morgan fingerprint density at radius 1 is 1.10 bits per heavy atom. The molecule has 0 fully saturated rings. The minimum Gasteiger partial charge on any atom is -0.354 e. The van der Waals surface area contributed by atoms with Crippen LogP contribution >= 0.6 is 23.2 Å². The minimum atomic E-state index is -4.87. The van der Waals surface area contributed by atoms with Gasteiger partial charge >= 0.3 is 6.18 Å². The lowest BCUT2D eigenvalue weighted by atomic mass is 10.0. The van der Waals surface area contributed by atoms with Gasteiger partial charge in [0.05, 0.1) is 27.8 Å². The van der Waals surface area contributed by atoms with Gasteiger partial charge in [-0.3, -0.25) is 9.59 Å². The Morgan fingerprint density at radius 2 is 1.85 bits per heavy atom. The van der Waals surface area contributed by atoms with Crippen molar-refractivity contribution >= 4 is 51.5 Å². The Labute approximate surface area is 242 Å². The first-order valence-electron chi connectivity index (χ1n) is 12.3. The van der Waals surface area contributed by atoms with Crippen LogP contribution in [0.15, 0.2) is 54.7 Å². The number of carbonyl (C=O) groups is 2. The number of benzene rings is 2. The Morgan fingerprint density at radius 3 is 2.54 bits per heavy atom. The highest BCUT2D eigenvalue weighted by molar-refractivity contribution is 6.40. The van der Waals surface area contributed by atoms with Gasteiger partial charge in [-0.15, -0.1) is 0 Å². The molecule has 9 nitrogen and oxygen atoms in total. The predicted molar refractivity (Wildman–Crippen MR) is 148 cm³/mol. The monoisotopic (exact) mass is 609 g/mol. The average Bonchev–Trinajstić information content (AvgIpc) is 3.41. The minimum absolute atomic E-state index is 0.00473. The molecule has 0 aliphatic heterocycles. The molecule has 216 valence electrons. The summed E-state index contributed by atoms with van der Waals surface area (Å²) < 4.78 is 52.2. The van der Waals surface area contributed by atoms with Crippen LogP contribution in [-0.4, -0.2) is 53.1 Å². The molecule has 4 aromatic rings. The van der Waals surface area contributed by atoms with E-state index >= 15 is 0 Å². The van der Waals surface area contributed by atoms with Gasteiger partial charge in [-0.05, 0) is 30.0 Å². The molecule has 0 saturated heterocycles. The number of carbonyl (C=O) groups excluding carboxylic acids is 2. The number of hydrogen-bond donors (Lipinski definition) is 2. The molecule has 2 amide bonds. The van der Waals surface area contributed by atoms with Gasteiger partial charge in [-0.1, -0.05) is 54.4 Å². The fraction of sp³-hybridized carbons (Fsp3) is 0.259. The number of nitrogens with one attached hydrogen (secondary N) is 2. The molecule has 0 aliphatic carbocycles. The second kappa shape index (κ2) is 12.9. The standard InChI is InChI=1S/C27H24Cl2F3N5O4/c1-3-11-41-21(40-2)14-34-25(38)17-12-15-7-4-5-8-16(15)22(29)23(17)35-26(39)19-13-20(27(30,31)32)36-37(19)24-18(28)9-6-10-33-24/h4-10,12-13,21H,3,11,14H2,1-2H3,(H,34,38)(H,35,39). The number of alkyl halides is 3. The number of hydrogen-bond acceptors (Lipinski definition) is 6. The zero-order chi connectivity index (χ0) is 29.7. The Bertz CT molecular complexity index is 1580. The first-order valence-corrected chi connectivity index (χ1v) is 13.0. The largest absolute Gasteiger partial charge is 0.435 e. The summed E-state index contributed by atoms with van der Waals surface area (Å²) in [6.45, 7) is 2.31. The van der Waals surface area contributed by atoms with Crippen LogP contribution in [0.25, 0.3) is 16.6 Å². The topological polar surface area (TPSA) is 107 Å². The number of rotatable bonds is 10. The average molecular weight is 610 g/mol. The molecule has 0 radical (unpaired) electrons. The summed E-state index contributed by atoms with van der Waals surface area (Å²) >= 11 is 12.8. The second-order valence-electron chi connectivity index (χ2n) is 8.67. The van der Waals surface area contributed by atoms with Gasteiger partial charge in [0.1, 0.15) is 5.69 Å². The number of anilines is 1. The highest BCUT2D eigenvalue weighted by Gasteiger charge is 2.37. The van der Waals surface area contributed by atoms with Crippen molar-refractivity contribution in [2.24, 2.45) is 0 Å². The van der Waals surface area contributed by atoms with Crippen molar-refractivity contribution in [1.29, 1.82) is 0 Å². The van der Waals surface area contributed by atoms with Crippen molar-refractivity contribution in [2.45, 2.75) is 25.8 Å². The SMILES string of the molecule is CCCOC(CNC(=O)c1cc2ccccc2c(Cl)c1NC(=O)c1cc(C(F)(F)F)nn1-c1ncccc1Cl)OC. The number of ether oxygens (including phenoxy) is 2. The van der Waals surface area contributed by atoms with E-state index in [1.165, 1.54) is 31.5 Å². The van der Waals surface area contributed by atoms with Crippen LogP contribution in [0.1, 0.15) is 39.9 Å². The molecule has 41 heavy (non-hydrogen) atoms. The van der Waals surface area contributed by atoms with Crippen LogP contribution < -0.4 is 10.6 Å². The maximum absolute atomic E-state index is 13.6. The van der Waals surface area contributed by atoms with Gasteiger partial charge in [-0.2, -0.15) is 18.3 Å². The fourth-order valence-corrected chi connectivity index (χ4v) is 4.41. The van der Waals surface area contributed by atoms with E-state index in [9.17, 15) is 22.8 Å². The molecular formula is C27H24Cl2F3N5O4. The number of nitrogens with zero attached hydrogens (tertiary/aromatic N) is 3. The molecule has 0 aliphatic rings. The highest BCUT2D eigenvalue weighted by atomic mass is 35.5. The molecule has 2 aromatic heterocycles. The zero-order valence-corrected chi connectivity index (χ0v) is 23.3. The lowest BCUT2D eigenvalue weighted by Crippen LogP contribution is -2.35. The Kier molecular flexibility index (Phi) is 9.49. The van der Waals surface area contributed by atoms with Crippen LogP contribution in [-0.2, 0) is 15.7 Å². The lowest BCUT2D eigenvalue weighted by Gasteiger charge is -2.19. The first-order chi connectivity index (χ1) is 19.5. The van der Waals surface area contributed by atoms with E-state index in [1.807, 2.05) is 6.92 Å². The fourth-order valence-electron chi connectivity index (χ4n) is 3.89. The van der Waals surface area contributed by atoms with Gasteiger partial charge in [0, 0.05) is 31.4 Å². The third-order valence-corrected chi connectivity index (χ3v) is 6.53. The molecule has 1 unspecified atom stereocenters. The number of aromatic nitrogens is 3. The molecule has 0 spiro atoms. The zero-order valence-electron chi connectivity index (χ0n) is 21.8. The van der Waals surface area contributed by atoms with E-state index in [1.54, 1.807) is 24.3 Å². The van der Waals surface area contributed by atoms with Crippen molar-refractivity contribution in [1.82, 2.24) is 20.1 Å².